The molecule has 0 aromatic rings. The molecule has 1 saturated carbocycles. The van der Waals surface area contributed by atoms with E-state index in [4.69, 9.17) is 5.11 Å². The number of hydrogen-bond acceptors (Lipinski definition) is 2. The number of aliphatic carboxylic acids is 1. The number of alkyl halides is 3. The van der Waals surface area contributed by atoms with Crippen LogP contribution >= 0.6 is 0 Å². The average molecular weight is 307 g/mol. The van der Waals surface area contributed by atoms with Crippen molar-refractivity contribution in [2.24, 2.45) is 17.8 Å². The third kappa shape index (κ3) is 3.89. The number of hydrogen-bond donors (Lipinski definition) is 1. The van der Waals surface area contributed by atoms with Crippen molar-refractivity contribution < 1.29 is 27.9 Å². The molecule has 1 aliphatic carbocycles. The van der Waals surface area contributed by atoms with E-state index in [1.807, 2.05) is 0 Å². The van der Waals surface area contributed by atoms with Crippen LogP contribution in [0.25, 0.3) is 0 Å². The third-order valence-corrected chi connectivity index (χ3v) is 4.57. The Bertz CT molecular complexity index is 411. The van der Waals surface area contributed by atoms with Gasteiger partial charge in [-0.1, -0.05) is 6.42 Å². The molecule has 4 nitrogen and oxygen atoms in total. The number of carboxylic acid groups (broad SMARTS) is 1. The van der Waals surface area contributed by atoms with Crippen molar-refractivity contribution in [2.45, 2.75) is 44.7 Å². The zero-order valence-corrected chi connectivity index (χ0v) is 11.7. The topological polar surface area (TPSA) is 57.6 Å². The highest BCUT2D eigenvalue weighted by Gasteiger charge is 2.44. The molecule has 0 unspecified atom stereocenters. The summed E-state index contributed by atoms with van der Waals surface area (Å²) in [5, 5.41) is 9.02. The Morgan fingerprint density at radius 3 is 2.33 bits per heavy atom. The highest BCUT2D eigenvalue weighted by Crippen LogP contribution is 2.35. The second kappa shape index (κ2) is 6.23. The number of carbonyl (C=O) groups excluding carboxylic acids is 1. The minimum atomic E-state index is -4.27. The lowest BCUT2D eigenvalue weighted by atomic mass is 9.80. The molecule has 0 spiro atoms. The van der Waals surface area contributed by atoms with E-state index in [9.17, 15) is 22.8 Å². The molecule has 120 valence electrons. The number of halogens is 3. The Hall–Kier alpha value is -1.27. The van der Waals surface area contributed by atoms with Crippen LogP contribution in [0.1, 0.15) is 38.5 Å². The molecule has 21 heavy (non-hydrogen) atoms. The molecular weight excluding hydrogens is 287 g/mol. The summed E-state index contributed by atoms with van der Waals surface area (Å²) in [6.07, 6.45) is -1.83. The first-order chi connectivity index (χ1) is 9.79. The Labute approximate surface area is 121 Å². The molecule has 2 aliphatic rings. The van der Waals surface area contributed by atoms with E-state index in [-0.39, 0.29) is 25.3 Å². The lowest BCUT2D eigenvalue weighted by Gasteiger charge is -2.37. The van der Waals surface area contributed by atoms with Crippen molar-refractivity contribution in [3.8, 4) is 0 Å². The van der Waals surface area contributed by atoms with E-state index in [1.54, 1.807) is 0 Å². The molecule has 1 aliphatic heterocycles. The molecule has 1 saturated heterocycles. The van der Waals surface area contributed by atoms with Gasteiger partial charge in [0.1, 0.15) is 0 Å². The maximum Gasteiger partial charge on any atom is 0.393 e. The fourth-order valence-electron chi connectivity index (χ4n) is 3.34. The molecule has 2 fully saturated rings. The Morgan fingerprint density at radius 2 is 1.71 bits per heavy atom. The Kier molecular flexibility index (Phi) is 4.78. The van der Waals surface area contributed by atoms with Gasteiger partial charge in [0.2, 0.25) is 5.91 Å². The maximum atomic E-state index is 12.8. The predicted molar refractivity (Wildman–Crippen MR) is 68.4 cm³/mol. The molecule has 0 aromatic heterocycles. The SMILES string of the molecule is O=C(O)[C@@H]1CCC[C@H](C(=O)N2CCC[C@H](C(F)(F)F)C2)C1. The van der Waals surface area contributed by atoms with Gasteiger partial charge in [-0.2, -0.15) is 13.2 Å². The molecule has 1 amide bonds. The van der Waals surface area contributed by atoms with Gasteiger partial charge in [0.25, 0.3) is 0 Å². The first kappa shape index (κ1) is 16.1. The largest absolute Gasteiger partial charge is 0.481 e. The van der Waals surface area contributed by atoms with Crippen LogP contribution in [0.3, 0.4) is 0 Å². The van der Waals surface area contributed by atoms with Gasteiger partial charge in [-0.25, -0.2) is 0 Å². The van der Waals surface area contributed by atoms with E-state index in [2.05, 4.69) is 0 Å². The van der Waals surface area contributed by atoms with Gasteiger partial charge in [0.15, 0.2) is 0 Å². The zero-order chi connectivity index (χ0) is 15.6. The second-order valence-electron chi connectivity index (χ2n) is 6.06. The number of likely N-dealkylation sites (tertiary alicyclic amines) is 1. The van der Waals surface area contributed by atoms with Gasteiger partial charge in [-0.15, -0.1) is 0 Å². The molecule has 0 bridgehead atoms. The fourth-order valence-corrected chi connectivity index (χ4v) is 3.34. The Balaban J connectivity index is 1.97. The quantitative estimate of drug-likeness (QED) is 0.853. The van der Waals surface area contributed by atoms with Crippen molar-refractivity contribution in [3.05, 3.63) is 0 Å². The molecule has 1 heterocycles. The van der Waals surface area contributed by atoms with Crippen LogP contribution in [0, 0.1) is 17.8 Å². The van der Waals surface area contributed by atoms with Crippen LogP contribution in [0.4, 0.5) is 13.2 Å². The fraction of sp³-hybridized carbons (Fsp3) is 0.857. The van der Waals surface area contributed by atoms with E-state index < -0.39 is 29.9 Å². The highest BCUT2D eigenvalue weighted by atomic mass is 19.4. The van der Waals surface area contributed by atoms with Crippen LogP contribution in [0.2, 0.25) is 0 Å². The van der Waals surface area contributed by atoms with Gasteiger partial charge in [0, 0.05) is 19.0 Å². The van der Waals surface area contributed by atoms with E-state index in [0.717, 1.165) is 0 Å². The molecular formula is C14H20F3NO3. The zero-order valence-electron chi connectivity index (χ0n) is 11.7. The number of amides is 1. The summed E-state index contributed by atoms with van der Waals surface area (Å²) < 4.78 is 38.3. The van der Waals surface area contributed by atoms with Gasteiger partial charge in [-0.3, -0.25) is 9.59 Å². The smallest absolute Gasteiger partial charge is 0.393 e. The lowest BCUT2D eigenvalue weighted by molar-refractivity contribution is -0.188. The van der Waals surface area contributed by atoms with Crippen LogP contribution < -0.4 is 0 Å². The molecule has 0 radical (unpaired) electrons. The summed E-state index contributed by atoms with van der Waals surface area (Å²) in [5.74, 6) is -3.65. The first-order valence-corrected chi connectivity index (χ1v) is 7.37. The summed E-state index contributed by atoms with van der Waals surface area (Å²) in [5.41, 5.74) is 0. The van der Waals surface area contributed by atoms with Crippen LogP contribution in [0.5, 0.6) is 0 Å². The van der Waals surface area contributed by atoms with Crippen molar-refractivity contribution >= 4 is 11.9 Å². The van der Waals surface area contributed by atoms with Gasteiger partial charge >= 0.3 is 12.1 Å². The van der Waals surface area contributed by atoms with Crippen molar-refractivity contribution in [1.29, 1.82) is 0 Å². The van der Waals surface area contributed by atoms with E-state index >= 15 is 0 Å². The summed E-state index contributed by atoms with van der Waals surface area (Å²) in [4.78, 5) is 24.7. The first-order valence-electron chi connectivity index (χ1n) is 7.37. The minimum absolute atomic E-state index is 0.0652. The predicted octanol–water partition coefficient (Wildman–Crippen LogP) is 2.68. The lowest BCUT2D eigenvalue weighted by Crippen LogP contribution is -2.47. The summed E-state index contributed by atoms with van der Waals surface area (Å²) in [6, 6.07) is 0. The van der Waals surface area contributed by atoms with Crippen LogP contribution in [0.15, 0.2) is 0 Å². The van der Waals surface area contributed by atoms with Crippen molar-refractivity contribution in [1.82, 2.24) is 4.90 Å². The number of piperidine rings is 1. The Morgan fingerprint density at radius 1 is 1.05 bits per heavy atom. The van der Waals surface area contributed by atoms with Crippen molar-refractivity contribution in [3.63, 3.8) is 0 Å². The number of rotatable bonds is 2. The normalized spacial score (nSPS) is 31.0. The molecule has 0 aromatic carbocycles. The summed E-state index contributed by atoms with van der Waals surface area (Å²) >= 11 is 0. The standard InChI is InChI=1S/C14H20F3NO3/c15-14(16,17)11-5-2-6-18(8-11)12(19)9-3-1-4-10(7-9)13(20)21/h9-11H,1-8H2,(H,20,21)/t9-,10+,11-/m0/s1. The number of nitrogens with zero attached hydrogens (tertiary/aromatic N) is 1. The summed E-state index contributed by atoms with van der Waals surface area (Å²) in [6.45, 7) is 0.0657. The maximum absolute atomic E-state index is 12.8. The number of carboxylic acids is 1. The van der Waals surface area contributed by atoms with Gasteiger partial charge in [0.05, 0.1) is 11.8 Å². The molecule has 7 heteroatoms. The van der Waals surface area contributed by atoms with E-state index in [0.29, 0.717) is 32.2 Å². The highest BCUT2D eigenvalue weighted by molar-refractivity contribution is 5.80. The van der Waals surface area contributed by atoms with Crippen LogP contribution in [-0.4, -0.2) is 41.1 Å². The van der Waals surface area contributed by atoms with Crippen LogP contribution in [-0.2, 0) is 9.59 Å². The minimum Gasteiger partial charge on any atom is -0.481 e. The number of carbonyl (C=O) groups is 2. The monoisotopic (exact) mass is 307 g/mol. The van der Waals surface area contributed by atoms with Crippen molar-refractivity contribution in [2.75, 3.05) is 13.1 Å². The molecule has 2 rings (SSSR count). The molecule has 1 N–H and O–H groups in total. The third-order valence-electron chi connectivity index (χ3n) is 4.57. The molecule has 3 atom stereocenters. The second-order valence-corrected chi connectivity index (χ2v) is 6.06. The average Bonchev–Trinajstić information content (AvgIpc) is 2.46. The van der Waals surface area contributed by atoms with E-state index in [1.165, 1.54) is 4.90 Å². The van der Waals surface area contributed by atoms with Gasteiger partial charge < -0.3 is 10.0 Å². The van der Waals surface area contributed by atoms with Gasteiger partial charge in [-0.05, 0) is 32.1 Å². The summed E-state index contributed by atoms with van der Waals surface area (Å²) in [7, 11) is 0.